The number of piperidine rings is 1. The van der Waals surface area contributed by atoms with Gasteiger partial charge in [0, 0.05) is 32.3 Å². The third kappa shape index (κ3) is 3.26. The number of halogens is 3. The molecule has 0 amide bonds. The number of pyridine rings is 1. The minimum atomic E-state index is -4.42. The topological polar surface area (TPSA) is 108 Å². The van der Waals surface area contributed by atoms with E-state index < -0.39 is 11.7 Å². The third-order valence-corrected chi connectivity index (χ3v) is 6.40. The van der Waals surface area contributed by atoms with Crippen molar-refractivity contribution in [3.8, 4) is 0 Å². The Hall–Kier alpha value is -3.77. The minimum absolute atomic E-state index is 0.0873. The first-order valence-corrected chi connectivity index (χ1v) is 10.3. The molecule has 1 saturated heterocycles. The summed E-state index contributed by atoms with van der Waals surface area (Å²) in [5.41, 5.74) is 0.207. The van der Waals surface area contributed by atoms with E-state index in [1.165, 1.54) is 23.4 Å². The molecule has 1 saturated carbocycles. The molecule has 5 heterocycles. The van der Waals surface area contributed by atoms with Crippen molar-refractivity contribution in [1.82, 2.24) is 34.2 Å². The second kappa shape index (κ2) is 6.86. The van der Waals surface area contributed by atoms with Crippen LogP contribution in [-0.2, 0) is 19.8 Å². The number of alkyl halides is 3. The Labute approximate surface area is 183 Å². The summed E-state index contributed by atoms with van der Waals surface area (Å²) in [6, 6.07) is 1.13. The van der Waals surface area contributed by atoms with Crippen molar-refractivity contribution in [1.29, 1.82) is 0 Å². The van der Waals surface area contributed by atoms with E-state index in [1.54, 1.807) is 11.6 Å². The van der Waals surface area contributed by atoms with Crippen molar-refractivity contribution in [2.75, 3.05) is 18.0 Å². The lowest BCUT2D eigenvalue weighted by molar-refractivity contribution is -0.137. The number of rotatable bonds is 4. The first-order chi connectivity index (χ1) is 15.8. The van der Waals surface area contributed by atoms with Crippen LogP contribution >= 0.6 is 0 Å². The lowest BCUT2D eigenvalue weighted by Gasteiger charge is -2.22. The lowest BCUT2D eigenvalue weighted by Crippen LogP contribution is -2.24. The number of hydrogen-bond donors (Lipinski definition) is 0. The van der Waals surface area contributed by atoms with Gasteiger partial charge >= 0.3 is 6.18 Å². The Balaban J connectivity index is 1.15. The average molecular weight is 458 g/mol. The Morgan fingerprint density at radius 2 is 1.91 bits per heavy atom. The summed E-state index contributed by atoms with van der Waals surface area (Å²) in [5, 5.41) is 4.08. The molecule has 1 unspecified atom stereocenters. The van der Waals surface area contributed by atoms with Gasteiger partial charge in [-0.15, -0.1) is 0 Å². The van der Waals surface area contributed by atoms with E-state index in [2.05, 4.69) is 25.1 Å². The first kappa shape index (κ1) is 19.9. The fourth-order valence-electron chi connectivity index (χ4n) is 4.67. The van der Waals surface area contributed by atoms with Crippen LogP contribution in [0.15, 0.2) is 40.4 Å². The molecule has 170 valence electrons. The maximum atomic E-state index is 13.0. The van der Waals surface area contributed by atoms with Crippen LogP contribution in [0.4, 0.5) is 18.9 Å². The molecule has 10 nitrogen and oxygen atoms in total. The highest BCUT2D eigenvalue weighted by Crippen LogP contribution is 2.58. The fraction of sp³-hybridized carbons (Fsp3) is 0.400. The number of imidazole rings is 1. The van der Waals surface area contributed by atoms with E-state index in [0.29, 0.717) is 41.7 Å². The second-order valence-electron chi connectivity index (χ2n) is 8.44. The van der Waals surface area contributed by atoms with Crippen LogP contribution in [0, 0.1) is 11.8 Å². The zero-order chi connectivity index (χ0) is 22.9. The molecule has 0 N–H and O–H groups in total. The predicted molar refractivity (Wildman–Crippen MR) is 107 cm³/mol. The van der Waals surface area contributed by atoms with Gasteiger partial charge in [-0.1, -0.05) is 5.16 Å². The monoisotopic (exact) mass is 458 g/mol. The van der Waals surface area contributed by atoms with E-state index in [0.717, 1.165) is 12.3 Å². The molecule has 2 aliphatic rings. The van der Waals surface area contributed by atoms with E-state index >= 15 is 0 Å². The zero-order valence-electron chi connectivity index (χ0n) is 17.3. The van der Waals surface area contributed by atoms with E-state index in [1.807, 2.05) is 4.90 Å². The molecule has 4 aromatic rings. The van der Waals surface area contributed by atoms with Crippen molar-refractivity contribution < 1.29 is 17.7 Å². The van der Waals surface area contributed by atoms with Crippen LogP contribution in [0.5, 0.6) is 0 Å². The SMILES string of the molecule is Cn1cnc2ncn(Cc3nc(C4[C@H]5CN(c6cncc(C(F)(F)F)c6)C[C@@H]45)no3)c(=O)c21. The van der Waals surface area contributed by atoms with E-state index in [-0.39, 0.29) is 29.9 Å². The number of anilines is 1. The van der Waals surface area contributed by atoms with Gasteiger partial charge in [0.05, 0.1) is 23.8 Å². The highest BCUT2D eigenvalue weighted by molar-refractivity contribution is 5.68. The molecule has 0 aromatic carbocycles. The Morgan fingerprint density at radius 1 is 1.15 bits per heavy atom. The molecule has 6 rings (SSSR count). The van der Waals surface area contributed by atoms with Gasteiger partial charge in [-0.2, -0.15) is 18.2 Å². The fourth-order valence-corrected chi connectivity index (χ4v) is 4.67. The smallest absolute Gasteiger partial charge is 0.370 e. The normalized spacial score (nSPS) is 22.2. The molecule has 0 spiro atoms. The molecule has 3 atom stereocenters. The Bertz CT molecular complexity index is 1410. The highest BCUT2D eigenvalue weighted by Gasteiger charge is 2.58. The van der Waals surface area contributed by atoms with Crippen LogP contribution in [0.3, 0.4) is 0 Å². The molecule has 0 radical (unpaired) electrons. The van der Waals surface area contributed by atoms with E-state index in [4.69, 9.17) is 4.52 Å². The van der Waals surface area contributed by atoms with Gasteiger partial charge in [-0.3, -0.25) is 14.3 Å². The average Bonchev–Trinajstić information content (AvgIpc) is 3.20. The van der Waals surface area contributed by atoms with Crippen molar-refractivity contribution in [3.05, 3.63) is 58.7 Å². The zero-order valence-corrected chi connectivity index (χ0v) is 17.3. The summed E-state index contributed by atoms with van der Waals surface area (Å²) < 4.78 is 47.3. The molecule has 2 fully saturated rings. The molecule has 1 aliphatic heterocycles. The van der Waals surface area contributed by atoms with Crippen LogP contribution < -0.4 is 10.5 Å². The van der Waals surface area contributed by atoms with Gasteiger partial charge < -0.3 is 14.0 Å². The molecular weight excluding hydrogens is 441 g/mol. The van der Waals surface area contributed by atoms with Gasteiger partial charge in [0.15, 0.2) is 17.0 Å². The van der Waals surface area contributed by atoms with Crippen LogP contribution in [0.1, 0.15) is 23.2 Å². The molecule has 0 bridgehead atoms. The molecular formula is C20H17F3N8O2. The van der Waals surface area contributed by atoms with Crippen LogP contribution in [-0.4, -0.2) is 47.3 Å². The number of nitrogens with zero attached hydrogens (tertiary/aromatic N) is 8. The Kier molecular flexibility index (Phi) is 4.13. The minimum Gasteiger partial charge on any atom is -0.370 e. The summed E-state index contributed by atoms with van der Waals surface area (Å²) in [4.78, 5) is 31.0. The standard InChI is InChI=1S/C20H17F3N8O2/c1-29-8-25-18-16(29)19(32)31(9-26-18)7-14-27-17(28-33-14)15-12-5-30(6-13(12)15)11-2-10(3-24-4-11)20(21,22)23/h2-4,8-9,12-13,15H,5-7H2,1H3/t12-,13+,15?. The summed E-state index contributed by atoms with van der Waals surface area (Å²) >= 11 is 0. The molecule has 33 heavy (non-hydrogen) atoms. The lowest BCUT2D eigenvalue weighted by atomic mass is 10.2. The number of fused-ring (bicyclic) bond motifs is 2. The maximum Gasteiger partial charge on any atom is 0.417 e. The summed E-state index contributed by atoms with van der Waals surface area (Å²) in [7, 11) is 1.72. The van der Waals surface area contributed by atoms with Gasteiger partial charge in [-0.05, 0) is 17.9 Å². The predicted octanol–water partition coefficient (Wildman–Crippen LogP) is 1.82. The largest absolute Gasteiger partial charge is 0.417 e. The molecule has 4 aromatic heterocycles. The molecule has 1 aliphatic carbocycles. The summed E-state index contributed by atoms with van der Waals surface area (Å²) in [5.74, 6) is 1.41. The van der Waals surface area contributed by atoms with Crippen LogP contribution in [0.25, 0.3) is 11.2 Å². The van der Waals surface area contributed by atoms with Crippen LogP contribution in [0.2, 0.25) is 0 Å². The third-order valence-electron chi connectivity index (χ3n) is 6.40. The van der Waals surface area contributed by atoms with Gasteiger partial charge in [-0.25, -0.2) is 9.97 Å². The van der Waals surface area contributed by atoms with Crippen molar-refractivity contribution in [2.45, 2.75) is 18.6 Å². The molecule has 13 heteroatoms. The number of aromatic nitrogens is 7. The van der Waals surface area contributed by atoms with Crippen molar-refractivity contribution in [2.24, 2.45) is 18.9 Å². The van der Waals surface area contributed by atoms with Crippen molar-refractivity contribution >= 4 is 16.9 Å². The van der Waals surface area contributed by atoms with Gasteiger partial charge in [0.25, 0.3) is 5.56 Å². The summed E-state index contributed by atoms with van der Waals surface area (Å²) in [6.45, 7) is 1.29. The van der Waals surface area contributed by atoms with Crippen molar-refractivity contribution in [3.63, 3.8) is 0 Å². The second-order valence-corrected chi connectivity index (χ2v) is 8.44. The quantitative estimate of drug-likeness (QED) is 0.456. The number of aryl methyl sites for hydroxylation is 1. The highest BCUT2D eigenvalue weighted by atomic mass is 19.4. The number of hydrogen-bond acceptors (Lipinski definition) is 8. The maximum absolute atomic E-state index is 13.0. The van der Waals surface area contributed by atoms with E-state index in [9.17, 15) is 18.0 Å². The first-order valence-electron chi connectivity index (χ1n) is 10.3. The Morgan fingerprint density at radius 3 is 2.67 bits per heavy atom. The summed E-state index contributed by atoms with van der Waals surface area (Å²) in [6.07, 6.45) is 0.782. The van der Waals surface area contributed by atoms with Gasteiger partial charge in [0.1, 0.15) is 12.9 Å². The van der Waals surface area contributed by atoms with Gasteiger partial charge in [0.2, 0.25) is 5.89 Å².